The fourth-order valence-corrected chi connectivity index (χ4v) is 2.28. The minimum Gasteiger partial charge on any atom is -0.342 e. The zero-order chi connectivity index (χ0) is 11.3. The van der Waals surface area contributed by atoms with E-state index in [1.165, 1.54) is 12.8 Å². The third-order valence-electron chi connectivity index (χ3n) is 3.08. The number of hydrogen-bond acceptors (Lipinski definition) is 2. The van der Waals surface area contributed by atoms with Gasteiger partial charge in [-0.05, 0) is 32.1 Å². The van der Waals surface area contributed by atoms with Gasteiger partial charge in [-0.1, -0.05) is 13.3 Å². The van der Waals surface area contributed by atoms with Crippen LogP contribution in [0.5, 0.6) is 0 Å². The van der Waals surface area contributed by atoms with Gasteiger partial charge in [0.15, 0.2) is 0 Å². The molecule has 1 rings (SSSR count). The van der Waals surface area contributed by atoms with E-state index in [0.717, 1.165) is 32.4 Å². The first-order valence-electron chi connectivity index (χ1n) is 6.16. The van der Waals surface area contributed by atoms with Crippen LogP contribution >= 0.6 is 0 Å². The lowest BCUT2D eigenvalue weighted by atomic mass is 10.0. The van der Waals surface area contributed by atoms with Crippen LogP contribution in [0.3, 0.4) is 0 Å². The second kappa shape index (κ2) is 6.11. The SMILES string of the molecule is CCCC1CC(=O)N(CCCC(C)N)C1. The van der Waals surface area contributed by atoms with Crippen LogP contribution < -0.4 is 5.73 Å². The largest absolute Gasteiger partial charge is 0.342 e. The molecule has 88 valence electrons. The van der Waals surface area contributed by atoms with Crippen LogP contribution in [0.1, 0.15) is 46.0 Å². The quantitative estimate of drug-likeness (QED) is 0.729. The fourth-order valence-electron chi connectivity index (χ4n) is 2.28. The van der Waals surface area contributed by atoms with Crippen LogP contribution in [0.15, 0.2) is 0 Å². The molecule has 2 atom stereocenters. The molecule has 0 spiro atoms. The number of rotatable bonds is 6. The molecule has 1 saturated heterocycles. The summed E-state index contributed by atoms with van der Waals surface area (Å²) in [7, 11) is 0. The van der Waals surface area contributed by atoms with Gasteiger partial charge in [0.25, 0.3) is 0 Å². The van der Waals surface area contributed by atoms with Crippen molar-refractivity contribution in [2.75, 3.05) is 13.1 Å². The summed E-state index contributed by atoms with van der Waals surface area (Å²) in [6, 6.07) is 0.258. The molecular formula is C12H24N2O. The number of likely N-dealkylation sites (tertiary alicyclic amines) is 1. The first kappa shape index (κ1) is 12.5. The van der Waals surface area contributed by atoms with Crippen molar-refractivity contribution in [2.24, 2.45) is 11.7 Å². The highest BCUT2D eigenvalue weighted by atomic mass is 16.2. The summed E-state index contributed by atoms with van der Waals surface area (Å²) in [6.45, 7) is 6.08. The van der Waals surface area contributed by atoms with Gasteiger partial charge in [-0.15, -0.1) is 0 Å². The first-order valence-corrected chi connectivity index (χ1v) is 6.16. The van der Waals surface area contributed by atoms with Crippen molar-refractivity contribution in [3.05, 3.63) is 0 Å². The zero-order valence-corrected chi connectivity index (χ0v) is 10.0. The average molecular weight is 212 g/mol. The second-order valence-electron chi connectivity index (χ2n) is 4.82. The van der Waals surface area contributed by atoms with Crippen molar-refractivity contribution >= 4 is 5.91 Å². The molecule has 0 saturated carbocycles. The Kier molecular flexibility index (Phi) is 5.09. The Morgan fingerprint density at radius 1 is 1.60 bits per heavy atom. The van der Waals surface area contributed by atoms with Crippen molar-refractivity contribution in [2.45, 2.75) is 52.0 Å². The molecule has 0 aromatic heterocycles. The third kappa shape index (κ3) is 4.20. The van der Waals surface area contributed by atoms with Crippen molar-refractivity contribution in [3.8, 4) is 0 Å². The summed E-state index contributed by atoms with van der Waals surface area (Å²) in [5.41, 5.74) is 5.68. The van der Waals surface area contributed by atoms with Crippen molar-refractivity contribution in [1.29, 1.82) is 0 Å². The minimum atomic E-state index is 0.258. The van der Waals surface area contributed by atoms with Crippen molar-refractivity contribution in [1.82, 2.24) is 4.90 Å². The number of nitrogens with two attached hydrogens (primary N) is 1. The molecule has 15 heavy (non-hydrogen) atoms. The lowest BCUT2D eigenvalue weighted by Gasteiger charge is -2.17. The zero-order valence-electron chi connectivity index (χ0n) is 10.0. The number of carbonyl (C=O) groups excluding carboxylic acids is 1. The predicted octanol–water partition coefficient (Wildman–Crippen LogP) is 1.76. The monoisotopic (exact) mass is 212 g/mol. The Morgan fingerprint density at radius 3 is 2.93 bits per heavy atom. The van der Waals surface area contributed by atoms with E-state index in [2.05, 4.69) is 6.92 Å². The normalized spacial score (nSPS) is 23.5. The Hall–Kier alpha value is -0.570. The van der Waals surface area contributed by atoms with Gasteiger partial charge in [0, 0.05) is 25.6 Å². The van der Waals surface area contributed by atoms with Gasteiger partial charge in [-0.3, -0.25) is 4.79 Å². The first-order chi connectivity index (χ1) is 7.13. The Labute approximate surface area is 93.0 Å². The number of amides is 1. The van der Waals surface area contributed by atoms with Gasteiger partial charge in [-0.2, -0.15) is 0 Å². The predicted molar refractivity (Wildman–Crippen MR) is 62.5 cm³/mol. The molecule has 1 fully saturated rings. The maximum Gasteiger partial charge on any atom is 0.222 e. The molecule has 1 heterocycles. The summed E-state index contributed by atoms with van der Waals surface area (Å²) in [5.74, 6) is 0.955. The second-order valence-corrected chi connectivity index (χ2v) is 4.82. The number of carbonyl (C=O) groups is 1. The van der Waals surface area contributed by atoms with Gasteiger partial charge in [-0.25, -0.2) is 0 Å². The molecule has 2 N–H and O–H groups in total. The van der Waals surface area contributed by atoms with E-state index in [4.69, 9.17) is 5.73 Å². The lowest BCUT2D eigenvalue weighted by Crippen LogP contribution is -2.27. The van der Waals surface area contributed by atoms with E-state index < -0.39 is 0 Å². The molecule has 0 aromatic carbocycles. The highest BCUT2D eigenvalue weighted by molar-refractivity contribution is 5.78. The van der Waals surface area contributed by atoms with E-state index in [0.29, 0.717) is 11.8 Å². The molecule has 0 bridgehead atoms. The summed E-state index contributed by atoms with van der Waals surface area (Å²) >= 11 is 0. The van der Waals surface area contributed by atoms with Gasteiger partial charge in [0.05, 0.1) is 0 Å². The molecule has 1 aliphatic rings. The maximum absolute atomic E-state index is 11.6. The minimum absolute atomic E-state index is 0.258. The molecule has 0 aliphatic carbocycles. The molecular weight excluding hydrogens is 188 g/mol. The molecule has 1 amide bonds. The van der Waals surface area contributed by atoms with E-state index in [-0.39, 0.29) is 6.04 Å². The Balaban J connectivity index is 2.22. The van der Waals surface area contributed by atoms with E-state index in [1.807, 2.05) is 11.8 Å². The number of nitrogens with zero attached hydrogens (tertiary/aromatic N) is 1. The lowest BCUT2D eigenvalue weighted by molar-refractivity contribution is -0.127. The smallest absolute Gasteiger partial charge is 0.222 e. The van der Waals surface area contributed by atoms with Crippen LogP contribution in [0, 0.1) is 5.92 Å². The van der Waals surface area contributed by atoms with Crippen molar-refractivity contribution < 1.29 is 4.79 Å². The van der Waals surface area contributed by atoms with Gasteiger partial charge >= 0.3 is 0 Å². The molecule has 3 nitrogen and oxygen atoms in total. The van der Waals surface area contributed by atoms with Crippen LogP contribution in [-0.4, -0.2) is 29.9 Å². The highest BCUT2D eigenvalue weighted by Crippen LogP contribution is 2.22. The fraction of sp³-hybridized carbons (Fsp3) is 0.917. The van der Waals surface area contributed by atoms with E-state index >= 15 is 0 Å². The molecule has 0 aromatic rings. The molecule has 0 radical (unpaired) electrons. The van der Waals surface area contributed by atoms with Crippen LogP contribution in [0.4, 0.5) is 0 Å². The van der Waals surface area contributed by atoms with E-state index in [1.54, 1.807) is 0 Å². The molecule has 3 heteroatoms. The van der Waals surface area contributed by atoms with Crippen LogP contribution in [0.2, 0.25) is 0 Å². The topological polar surface area (TPSA) is 46.3 Å². The average Bonchev–Trinajstić information content (AvgIpc) is 2.47. The highest BCUT2D eigenvalue weighted by Gasteiger charge is 2.27. The van der Waals surface area contributed by atoms with E-state index in [9.17, 15) is 4.79 Å². The molecule has 2 unspecified atom stereocenters. The molecule has 1 aliphatic heterocycles. The third-order valence-corrected chi connectivity index (χ3v) is 3.08. The van der Waals surface area contributed by atoms with Crippen LogP contribution in [0.25, 0.3) is 0 Å². The standard InChI is InChI=1S/C12H24N2O/c1-3-5-11-8-12(15)14(9-11)7-4-6-10(2)13/h10-11H,3-9,13H2,1-2H3. The van der Waals surface area contributed by atoms with Crippen molar-refractivity contribution in [3.63, 3.8) is 0 Å². The summed E-state index contributed by atoms with van der Waals surface area (Å²) in [4.78, 5) is 13.6. The summed E-state index contributed by atoms with van der Waals surface area (Å²) < 4.78 is 0. The number of hydrogen-bond donors (Lipinski definition) is 1. The Bertz CT molecular complexity index is 204. The van der Waals surface area contributed by atoms with Crippen LogP contribution in [-0.2, 0) is 4.79 Å². The summed E-state index contributed by atoms with van der Waals surface area (Å²) in [6.07, 6.45) is 5.21. The van der Waals surface area contributed by atoms with Gasteiger partial charge in [0.2, 0.25) is 5.91 Å². The maximum atomic E-state index is 11.6. The van der Waals surface area contributed by atoms with Gasteiger partial charge in [0.1, 0.15) is 0 Å². The Morgan fingerprint density at radius 2 is 2.33 bits per heavy atom. The van der Waals surface area contributed by atoms with Gasteiger partial charge < -0.3 is 10.6 Å². The summed E-state index contributed by atoms with van der Waals surface area (Å²) in [5, 5.41) is 0.